The molecule has 1 fully saturated rings. The van der Waals surface area contributed by atoms with Crippen LogP contribution in [0, 0.1) is 0 Å². The number of aliphatic hydroxyl groups is 2. The third-order valence-electron chi connectivity index (χ3n) is 2.81. The number of epoxide rings is 1. The average molecular weight is 246 g/mol. The number of rotatable bonds is 10. The Kier molecular flexibility index (Phi) is 13.8. The highest BCUT2D eigenvalue weighted by Crippen LogP contribution is 2.10. The molecule has 1 heterocycles. The van der Waals surface area contributed by atoms with Gasteiger partial charge in [0.05, 0.1) is 25.9 Å². The molecule has 0 aromatic heterocycles. The van der Waals surface area contributed by atoms with E-state index >= 15 is 0 Å². The summed E-state index contributed by atoms with van der Waals surface area (Å²) in [4.78, 5) is 0. The average Bonchev–Trinajstić information content (AvgIpc) is 3.20. The summed E-state index contributed by atoms with van der Waals surface area (Å²) in [5, 5.41) is 17.7. The van der Waals surface area contributed by atoms with Gasteiger partial charge in [0.15, 0.2) is 0 Å². The predicted molar refractivity (Wildman–Crippen MR) is 71.1 cm³/mol. The maximum Gasteiger partial charge on any atom is 0.0770 e. The molecule has 0 amide bonds. The Morgan fingerprint density at radius 2 is 1.41 bits per heavy atom. The minimum atomic E-state index is -0.491. The second kappa shape index (κ2) is 13.9. The van der Waals surface area contributed by atoms with E-state index in [1.807, 2.05) is 0 Å². The van der Waals surface area contributed by atoms with E-state index < -0.39 is 6.10 Å². The van der Waals surface area contributed by atoms with Gasteiger partial charge in [-0.15, -0.1) is 0 Å². The molecule has 1 aliphatic heterocycles. The van der Waals surface area contributed by atoms with Crippen molar-refractivity contribution in [2.45, 2.75) is 70.8 Å². The molecule has 17 heavy (non-hydrogen) atoms. The van der Waals surface area contributed by atoms with Crippen molar-refractivity contribution in [3.63, 3.8) is 0 Å². The Balaban J connectivity index is 0.000000728. The smallest absolute Gasteiger partial charge is 0.0770 e. The molecular formula is C14H30O3. The van der Waals surface area contributed by atoms with Crippen LogP contribution in [0.5, 0.6) is 0 Å². The van der Waals surface area contributed by atoms with Gasteiger partial charge in [-0.25, -0.2) is 0 Å². The highest BCUT2D eigenvalue weighted by Gasteiger charge is 2.00. The molecule has 0 aromatic carbocycles. The predicted octanol–water partition coefficient (Wildman–Crippen LogP) is 2.89. The van der Waals surface area contributed by atoms with E-state index in [0.717, 1.165) is 26.1 Å². The normalized spacial score (nSPS) is 15.0. The van der Waals surface area contributed by atoms with Gasteiger partial charge in [-0.05, 0) is 6.42 Å². The standard InChI is InChI=1S/C12H26O2.C2H4O/c1-2-3-4-5-6-7-8-9-10-12(14)11-13;1-2-3-1/h12-14H,2-11H2,1H3;1-2H2. The Bertz CT molecular complexity index is 135. The van der Waals surface area contributed by atoms with Crippen molar-refractivity contribution >= 4 is 0 Å². The lowest BCUT2D eigenvalue weighted by molar-refractivity contribution is 0.0860. The van der Waals surface area contributed by atoms with Gasteiger partial charge in [-0.3, -0.25) is 0 Å². The van der Waals surface area contributed by atoms with E-state index in [-0.39, 0.29) is 6.61 Å². The lowest BCUT2D eigenvalue weighted by Gasteiger charge is -2.06. The second-order valence-corrected chi connectivity index (χ2v) is 4.71. The van der Waals surface area contributed by atoms with Crippen LogP contribution in [0.2, 0.25) is 0 Å². The molecule has 0 spiro atoms. The largest absolute Gasteiger partial charge is 0.394 e. The topological polar surface area (TPSA) is 53.0 Å². The SMILES string of the molecule is C1CO1.CCCCCCCCCCC(O)CO. The van der Waals surface area contributed by atoms with Crippen molar-refractivity contribution in [2.24, 2.45) is 0 Å². The van der Waals surface area contributed by atoms with Crippen LogP contribution in [-0.4, -0.2) is 36.1 Å². The van der Waals surface area contributed by atoms with E-state index in [9.17, 15) is 0 Å². The summed E-state index contributed by atoms with van der Waals surface area (Å²) in [6.45, 7) is 4.15. The third-order valence-corrected chi connectivity index (χ3v) is 2.81. The Morgan fingerprint density at radius 3 is 1.82 bits per heavy atom. The number of unbranched alkanes of at least 4 members (excludes halogenated alkanes) is 7. The fourth-order valence-corrected chi connectivity index (χ4v) is 1.61. The first-order valence-electron chi connectivity index (χ1n) is 7.18. The minimum absolute atomic E-state index is 0.0868. The molecule has 0 aromatic rings. The summed E-state index contributed by atoms with van der Waals surface area (Å²) < 4.78 is 4.50. The number of hydrogen-bond acceptors (Lipinski definition) is 3. The molecule has 0 radical (unpaired) electrons. The van der Waals surface area contributed by atoms with Crippen molar-refractivity contribution in [1.29, 1.82) is 0 Å². The van der Waals surface area contributed by atoms with E-state index in [1.165, 1.54) is 44.9 Å². The number of hydrogen-bond donors (Lipinski definition) is 2. The van der Waals surface area contributed by atoms with E-state index in [0.29, 0.717) is 0 Å². The summed E-state index contributed by atoms with van der Waals surface area (Å²) >= 11 is 0. The molecule has 1 atom stereocenters. The highest BCUT2D eigenvalue weighted by molar-refractivity contribution is 4.53. The molecule has 1 rings (SSSR count). The molecule has 1 aliphatic rings. The summed E-state index contributed by atoms with van der Waals surface area (Å²) in [6.07, 6.45) is 10.5. The molecule has 0 bridgehead atoms. The van der Waals surface area contributed by atoms with Gasteiger partial charge in [-0.1, -0.05) is 58.3 Å². The maximum atomic E-state index is 9.08. The van der Waals surface area contributed by atoms with Crippen molar-refractivity contribution in [2.75, 3.05) is 19.8 Å². The van der Waals surface area contributed by atoms with Gasteiger partial charge in [0.25, 0.3) is 0 Å². The molecule has 2 N–H and O–H groups in total. The number of ether oxygens (including phenoxy) is 1. The quantitative estimate of drug-likeness (QED) is 0.460. The van der Waals surface area contributed by atoms with Crippen LogP contribution in [-0.2, 0) is 4.74 Å². The van der Waals surface area contributed by atoms with Crippen LogP contribution in [0.15, 0.2) is 0 Å². The first-order valence-corrected chi connectivity index (χ1v) is 7.18. The van der Waals surface area contributed by atoms with E-state index in [1.54, 1.807) is 0 Å². The number of aliphatic hydroxyl groups excluding tert-OH is 2. The van der Waals surface area contributed by atoms with Crippen molar-refractivity contribution in [3.05, 3.63) is 0 Å². The molecular weight excluding hydrogens is 216 g/mol. The Morgan fingerprint density at radius 1 is 0.941 bits per heavy atom. The van der Waals surface area contributed by atoms with Crippen LogP contribution in [0.1, 0.15) is 64.7 Å². The zero-order valence-electron chi connectivity index (χ0n) is 11.4. The van der Waals surface area contributed by atoms with Crippen molar-refractivity contribution < 1.29 is 14.9 Å². The van der Waals surface area contributed by atoms with Gasteiger partial charge in [0, 0.05) is 0 Å². The molecule has 3 nitrogen and oxygen atoms in total. The van der Waals surface area contributed by atoms with Gasteiger partial charge < -0.3 is 14.9 Å². The zero-order chi connectivity index (χ0) is 12.8. The molecule has 3 heteroatoms. The van der Waals surface area contributed by atoms with E-state index in [2.05, 4.69) is 11.7 Å². The molecule has 104 valence electrons. The summed E-state index contributed by atoms with van der Waals surface area (Å²) in [6, 6.07) is 0. The fraction of sp³-hybridized carbons (Fsp3) is 1.00. The van der Waals surface area contributed by atoms with Crippen molar-refractivity contribution in [3.8, 4) is 0 Å². The van der Waals surface area contributed by atoms with E-state index in [4.69, 9.17) is 10.2 Å². The maximum absolute atomic E-state index is 9.08. The lowest BCUT2D eigenvalue weighted by Crippen LogP contribution is -2.10. The lowest BCUT2D eigenvalue weighted by atomic mass is 10.1. The Hall–Kier alpha value is -0.120. The summed E-state index contributed by atoms with van der Waals surface area (Å²) in [7, 11) is 0. The van der Waals surface area contributed by atoms with Crippen LogP contribution in [0.3, 0.4) is 0 Å². The first-order chi connectivity index (χ1) is 8.31. The molecule has 0 saturated carbocycles. The zero-order valence-corrected chi connectivity index (χ0v) is 11.4. The monoisotopic (exact) mass is 246 g/mol. The highest BCUT2D eigenvalue weighted by atomic mass is 16.6. The molecule has 1 saturated heterocycles. The fourth-order valence-electron chi connectivity index (χ4n) is 1.61. The van der Waals surface area contributed by atoms with Crippen LogP contribution in [0.25, 0.3) is 0 Å². The molecule has 1 unspecified atom stereocenters. The van der Waals surface area contributed by atoms with Gasteiger partial charge in [-0.2, -0.15) is 0 Å². The van der Waals surface area contributed by atoms with Crippen LogP contribution in [0.4, 0.5) is 0 Å². The van der Waals surface area contributed by atoms with Crippen molar-refractivity contribution in [1.82, 2.24) is 0 Å². The summed E-state index contributed by atoms with van der Waals surface area (Å²) in [5.74, 6) is 0. The van der Waals surface area contributed by atoms with Gasteiger partial charge in [0.1, 0.15) is 0 Å². The summed E-state index contributed by atoms with van der Waals surface area (Å²) in [5.41, 5.74) is 0. The third kappa shape index (κ3) is 18.4. The van der Waals surface area contributed by atoms with Crippen LogP contribution >= 0.6 is 0 Å². The van der Waals surface area contributed by atoms with Gasteiger partial charge in [0.2, 0.25) is 0 Å². The van der Waals surface area contributed by atoms with Gasteiger partial charge >= 0.3 is 0 Å². The Labute approximate surface area is 106 Å². The second-order valence-electron chi connectivity index (χ2n) is 4.71. The van der Waals surface area contributed by atoms with Crippen LogP contribution < -0.4 is 0 Å². The minimum Gasteiger partial charge on any atom is -0.394 e. The molecule has 0 aliphatic carbocycles. The first kappa shape index (κ1) is 16.9.